The van der Waals surface area contributed by atoms with Crippen LogP contribution in [0, 0.1) is 0 Å². The molecule has 0 bridgehead atoms. The maximum Gasteiger partial charge on any atom is 0.128 e. The van der Waals surface area contributed by atoms with E-state index in [-0.39, 0.29) is 6.04 Å². The highest BCUT2D eigenvalue weighted by Crippen LogP contribution is 2.32. The van der Waals surface area contributed by atoms with Crippen LogP contribution in [-0.2, 0) is 6.42 Å². The summed E-state index contributed by atoms with van der Waals surface area (Å²) in [5.74, 6) is 0.387. The first-order valence-corrected chi connectivity index (χ1v) is 7.73. The van der Waals surface area contributed by atoms with Crippen LogP contribution >= 0.6 is 0 Å². The van der Waals surface area contributed by atoms with Crippen LogP contribution < -0.4 is 5.32 Å². The van der Waals surface area contributed by atoms with Gasteiger partial charge in [0.25, 0.3) is 0 Å². The molecule has 0 aliphatic rings. The van der Waals surface area contributed by atoms with E-state index in [1.165, 1.54) is 5.56 Å². The number of hydrogen-bond acceptors (Lipinski definition) is 2. The zero-order valence-corrected chi connectivity index (χ0v) is 12.8. The molecule has 0 amide bonds. The molecule has 0 aromatic heterocycles. The summed E-state index contributed by atoms with van der Waals surface area (Å²) < 4.78 is 0. The summed E-state index contributed by atoms with van der Waals surface area (Å²) in [5.41, 5.74) is 2.27. The van der Waals surface area contributed by atoms with E-state index >= 15 is 0 Å². The smallest absolute Gasteiger partial charge is 0.128 e. The van der Waals surface area contributed by atoms with Crippen molar-refractivity contribution < 1.29 is 5.11 Å². The minimum absolute atomic E-state index is 0.119. The van der Waals surface area contributed by atoms with E-state index in [1.807, 2.05) is 36.4 Å². The van der Waals surface area contributed by atoms with E-state index in [0.717, 1.165) is 29.3 Å². The topological polar surface area (TPSA) is 32.3 Å². The second kappa shape index (κ2) is 6.63. The van der Waals surface area contributed by atoms with Gasteiger partial charge in [-0.15, -0.1) is 0 Å². The molecule has 0 aliphatic carbocycles. The number of benzene rings is 3. The van der Waals surface area contributed by atoms with Gasteiger partial charge in [-0.2, -0.15) is 0 Å². The van der Waals surface area contributed by atoms with Crippen molar-refractivity contribution in [2.24, 2.45) is 0 Å². The third-order valence-corrected chi connectivity index (χ3v) is 4.11. The first-order chi connectivity index (χ1) is 10.8. The van der Waals surface area contributed by atoms with Gasteiger partial charge in [0.15, 0.2) is 0 Å². The molecule has 22 heavy (non-hydrogen) atoms. The molecular weight excluding hydrogens is 270 g/mol. The van der Waals surface area contributed by atoms with Crippen molar-refractivity contribution in [1.29, 1.82) is 0 Å². The number of fused-ring (bicyclic) bond motifs is 1. The van der Waals surface area contributed by atoms with Crippen LogP contribution in [0.5, 0.6) is 5.75 Å². The molecule has 0 saturated heterocycles. The molecule has 0 saturated carbocycles. The summed E-state index contributed by atoms with van der Waals surface area (Å²) >= 11 is 0. The van der Waals surface area contributed by atoms with Crippen molar-refractivity contribution in [3.8, 4) is 5.75 Å². The number of nitrogens with one attached hydrogen (secondary N) is 1. The second-order valence-electron chi connectivity index (χ2n) is 5.64. The van der Waals surface area contributed by atoms with Crippen LogP contribution in [0.25, 0.3) is 10.8 Å². The molecule has 3 aromatic rings. The first kappa shape index (κ1) is 14.6. The van der Waals surface area contributed by atoms with Crippen LogP contribution in [0.1, 0.15) is 24.1 Å². The fourth-order valence-corrected chi connectivity index (χ4v) is 2.81. The Kier molecular flexibility index (Phi) is 4.40. The number of phenolic OH excluding ortho intramolecular Hbond substituents is 1. The van der Waals surface area contributed by atoms with Crippen LogP contribution in [0.2, 0.25) is 0 Å². The third-order valence-electron chi connectivity index (χ3n) is 4.11. The van der Waals surface area contributed by atoms with Crippen LogP contribution in [-0.4, -0.2) is 11.7 Å². The fraction of sp³-hybridized carbons (Fsp3) is 0.200. The Morgan fingerprint density at radius 2 is 1.64 bits per heavy atom. The lowest BCUT2D eigenvalue weighted by molar-refractivity contribution is 0.459. The van der Waals surface area contributed by atoms with Gasteiger partial charge in [-0.3, -0.25) is 0 Å². The highest BCUT2D eigenvalue weighted by molar-refractivity contribution is 5.89. The zero-order valence-electron chi connectivity index (χ0n) is 12.8. The molecule has 1 unspecified atom stereocenters. The molecule has 2 N–H and O–H groups in total. The quantitative estimate of drug-likeness (QED) is 0.728. The van der Waals surface area contributed by atoms with Crippen LogP contribution in [0.4, 0.5) is 0 Å². The minimum Gasteiger partial charge on any atom is -0.507 e. The van der Waals surface area contributed by atoms with Crippen molar-refractivity contribution in [1.82, 2.24) is 5.32 Å². The number of phenols is 1. The summed E-state index contributed by atoms with van der Waals surface area (Å²) in [6.45, 7) is 2.98. The molecule has 0 spiro atoms. The molecule has 0 radical (unpaired) electrons. The predicted octanol–water partition coefficient (Wildman–Crippen LogP) is 4.44. The lowest BCUT2D eigenvalue weighted by Crippen LogP contribution is -2.21. The van der Waals surface area contributed by atoms with E-state index in [1.54, 1.807) is 0 Å². The van der Waals surface area contributed by atoms with Gasteiger partial charge in [0.2, 0.25) is 0 Å². The lowest BCUT2D eigenvalue weighted by Gasteiger charge is -2.17. The van der Waals surface area contributed by atoms with Gasteiger partial charge < -0.3 is 10.4 Å². The van der Waals surface area contributed by atoms with Gasteiger partial charge in [0.1, 0.15) is 5.75 Å². The average molecular weight is 291 g/mol. The summed E-state index contributed by atoms with van der Waals surface area (Å²) in [6, 6.07) is 22.6. The molecule has 0 heterocycles. The Balaban J connectivity index is 1.70. The Bertz CT molecular complexity index is 752. The predicted molar refractivity (Wildman–Crippen MR) is 92.2 cm³/mol. The van der Waals surface area contributed by atoms with Crippen molar-refractivity contribution in [3.63, 3.8) is 0 Å². The van der Waals surface area contributed by atoms with Gasteiger partial charge in [-0.25, -0.2) is 0 Å². The van der Waals surface area contributed by atoms with E-state index in [2.05, 4.69) is 42.6 Å². The van der Waals surface area contributed by atoms with Crippen molar-refractivity contribution >= 4 is 10.8 Å². The van der Waals surface area contributed by atoms with Gasteiger partial charge in [0.05, 0.1) is 0 Å². The SMILES string of the molecule is CC(NCCc1ccccc1)c1ccc2ccccc2c1O. The molecule has 0 aliphatic heterocycles. The molecule has 3 aromatic carbocycles. The van der Waals surface area contributed by atoms with E-state index in [4.69, 9.17) is 0 Å². The Labute approximate surface area is 131 Å². The highest BCUT2D eigenvalue weighted by Gasteiger charge is 2.12. The average Bonchev–Trinajstić information content (AvgIpc) is 2.56. The van der Waals surface area contributed by atoms with Crippen LogP contribution in [0.15, 0.2) is 66.7 Å². The van der Waals surface area contributed by atoms with E-state index < -0.39 is 0 Å². The largest absolute Gasteiger partial charge is 0.507 e. The van der Waals surface area contributed by atoms with Crippen molar-refractivity contribution in [2.45, 2.75) is 19.4 Å². The normalized spacial score (nSPS) is 12.4. The molecule has 0 fully saturated rings. The zero-order chi connectivity index (χ0) is 15.4. The first-order valence-electron chi connectivity index (χ1n) is 7.73. The van der Waals surface area contributed by atoms with Gasteiger partial charge >= 0.3 is 0 Å². The molecular formula is C20H21NO. The Hall–Kier alpha value is -2.32. The lowest BCUT2D eigenvalue weighted by atomic mass is 10.0. The third kappa shape index (κ3) is 3.12. The fourth-order valence-electron chi connectivity index (χ4n) is 2.81. The molecule has 112 valence electrons. The van der Waals surface area contributed by atoms with Crippen molar-refractivity contribution in [2.75, 3.05) is 6.54 Å². The van der Waals surface area contributed by atoms with Gasteiger partial charge in [0, 0.05) is 17.0 Å². The summed E-state index contributed by atoms with van der Waals surface area (Å²) in [4.78, 5) is 0. The standard InChI is InChI=1S/C20H21NO/c1-15(21-14-13-16-7-3-2-4-8-16)18-12-11-17-9-5-6-10-19(17)20(18)22/h2-12,15,21-22H,13-14H2,1H3. The maximum atomic E-state index is 10.5. The molecule has 2 heteroatoms. The number of rotatable bonds is 5. The second-order valence-corrected chi connectivity index (χ2v) is 5.64. The van der Waals surface area contributed by atoms with Crippen LogP contribution in [0.3, 0.4) is 0 Å². The molecule has 1 atom stereocenters. The Morgan fingerprint density at radius 1 is 0.909 bits per heavy atom. The van der Waals surface area contributed by atoms with E-state index in [9.17, 15) is 5.11 Å². The highest BCUT2D eigenvalue weighted by atomic mass is 16.3. The summed E-state index contributed by atoms with van der Waals surface area (Å²) in [7, 11) is 0. The molecule has 2 nitrogen and oxygen atoms in total. The van der Waals surface area contributed by atoms with Gasteiger partial charge in [-0.1, -0.05) is 66.7 Å². The summed E-state index contributed by atoms with van der Waals surface area (Å²) in [6.07, 6.45) is 0.986. The van der Waals surface area contributed by atoms with E-state index in [0.29, 0.717) is 5.75 Å². The Morgan fingerprint density at radius 3 is 2.45 bits per heavy atom. The van der Waals surface area contributed by atoms with Gasteiger partial charge in [-0.05, 0) is 30.8 Å². The molecule has 3 rings (SSSR count). The number of hydrogen-bond donors (Lipinski definition) is 2. The summed E-state index contributed by atoms with van der Waals surface area (Å²) in [5, 5.41) is 16.0. The van der Waals surface area contributed by atoms with Crippen molar-refractivity contribution in [3.05, 3.63) is 77.9 Å². The number of aromatic hydroxyl groups is 1. The maximum absolute atomic E-state index is 10.5. The monoisotopic (exact) mass is 291 g/mol. The minimum atomic E-state index is 0.119.